The molecule has 0 fully saturated rings. The van der Waals surface area contributed by atoms with E-state index in [1.807, 2.05) is 30.6 Å². The van der Waals surface area contributed by atoms with E-state index < -0.39 is 0 Å². The van der Waals surface area contributed by atoms with E-state index >= 15 is 0 Å². The highest BCUT2D eigenvalue weighted by molar-refractivity contribution is 5.17. The van der Waals surface area contributed by atoms with Crippen molar-refractivity contribution < 1.29 is 4.42 Å². The third kappa shape index (κ3) is 4.19. The fourth-order valence-corrected chi connectivity index (χ4v) is 2.02. The summed E-state index contributed by atoms with van der Waals surface area (Å²) >= 11 is 0. The maximum Gasteiger partial charge on any atom is 0.122 e. The highest BCUT2D eigenvalue weighted by Crippen LogP contribution is 2.14. The summed E-state index contributed by atoms with van der Waals surface area (Å²) in [5, 5.41) is 3.33. The maximum absolute atomic E-state index is 5.58. The topological polar surface area (TPSA) is 41.3 Å². The summed E-state index contributed by atoms with van der Waals surface area (Å²) < 4.78 is 5.58. The molecule has 0 saturated carbocycles. The number of hydrogen-bond acceptors (Lipinski definition) is 4. The van der Waals surface area contributed by atoms with Gasteiger partial charge in [-0.05, 0) is 37.4 Å². The molecule has 0 atom stereocenters. The molecule has 0 spiro atoms. The maximum atomic E-state index is 5.58. The van der Waals surface area contributed by atoms with Crippen molar-refractivity contribution in [2.45, 2.75) is 26.6 Å². The summed E-state index contributed by atoms with van der Waals surface area (Å²) in [6.07, 6.45) is 5.42. The van der Waals surface area contributed by atoms with Gasteiger partial charge in [0.1, 0.15) is 5.76 Å². The molecule has 4 heteroatoms. The molecule has 4 nitrogen and oxygen atoms in total. The summed E-state index contributed by atoms with van der Waals surface area (Å²) in [4.78, 5) is 6.27. The highest BCUT2D eigenvalue weighted by atomic mass is 16.3. The molecule has 0 aliphatic heterocycles. The molecule has 102 valence electrons. The standard InChI is InChI=1S/C15H21N3O/c1-3-16-10-14-6-9-19-15(14)12-18(2)11-13-4-7-17-8-5-13/h4-9,16H,3,10-12H2,1-2H3. The minimum atomic E-state index is 0.816. The zero-order valence-electron chi connectivity index (χ0n) is 11.6. The number of furan rings is 1. The van der Waals surface area contributed by atoms with Gasteiger partial charge in [0.15, 0.2) is 0 Å². The van der Waals surface area contributed by atoms with Crippen molar-refractivity contribution in [3.63, 3.8) is 0 Å². The number of aromatic nitrogens is 1. The molecular weight excluding hydrogens is 238 g/mol. The summed E-state index contributed by atoms with van der Waals surface area (Å²) in [6, 6.07) is 6.12. The Labute approximate surface area is 114 Å². The molecule has 1 N–H and O–H groups in total. The van der Waals surface area contributed by atoms with E-state index in [-0.39, 0.29) is 0 Å². The van der Waals surface area contributed by atoms with E-state index in [1.54, 1.807) is 6.26 Å². The molecule has 0 aromatic carbocycles. The van der Waals surface area contributed by atoms with Gasteiger partial charge in [-0.1, -0.05) is 6.92 Å². The lowest BCUT2D eigenvalue weighted by atomic mass is 10.2. The minimum absolute atomic E-state index is 0.816. The zero-order chi connectivity index (χ0) is 13.5. The van der Waals surface area contributed by atoms with Crippen molar-refractivity contribution in [2.75, 3.05) is 13.6 Å². The first kappa shape index (κ1) is 13.8. The van der Waals surface area contributed by atoms with E-state index in [2.05, 4.69) is 29.2 Å². The number of hydrogen-bond donors (Lipinski definition) is 1. The lowest BCUT2D eigenvalue weighted by Crippen LogP contribution is -2.19. The third-order valence-corrected chi connectivity index (χ3v) is 3.02. The Kier molecular flexibility index (Phi) is 5.12. The SMILES string of the molecule is CCNCc1ccoc1CN(C)Cc1ccncc1. The van der Waals surface area contributed by atoms with Crippen LogP contribution in [0.3, 0.4) is 0 Å². The van der Waals surface area contributed by atoms with Crippen LogP contribution in [0.5, 0.6) is 0 Å². The van der Waals surface area contributed by atoms with Crippen LogP contribution in [-0.4, -0.2) is 23.5 Å². The second-order valence-corrected chi connectivity index (χ2v) is 4.68. The van der Waals surface area contributed by atoms with Gasteiger partial charge in [-0.3, -0.25) is 9.88 Å². The van der Waals surface area contributed by atoms with E-state index in [4.69, 9.17) is 4.42 Å². The lowest BCUT2D eigenvalue weighted by molar-refractivity contribution is 0.286. The number of nitrogens with zero attached hydrogens (tertiary/aromatic N) is 2. The average Bonchev–Trinajstić information content (AvgIpc) is 2.84. The summed E-state index contributed by atoms with van der Waals surface area (Å²) in [7, 11) is 2.10. The Morgan fingerprint density at radius 1 is 1.21 bits per heavy atom. The molecule has 0 unspecified atom stereocenters. The Morgan fingerprint density at radius 3 is 2.74 bits per heavy atom. The first-order valence-corrected chi connectivity index (χ1v) is 6.63. The molecule has 0 radical (unpaired) electrons. The van der Waals surface area contributed by atoms with E-state index in [0.717, 1.165) is 31.9 Å². The van der Waals surface area contributed by atoms with Crippen molar-refractivity contribution in [3.8, 4) is 0 Å². The summed E-state index contributed by atoms with van der Waals surface area (Å²) in [5.74, 6) is 1.04. The Hall–Kier alpha value is -1.65. The molecule has 0 aliphatic rings. The van der Waals surface area contributed by atoms with Gasteiger partial charge in [-0.15, -0.1) is 0 Å². The van der Waals surface area contributed by atoms with Crippen LogP contribution in [-0.2, 0) is 19.6 Å². The van der Waals surface area contributed by atoms with Crippen LogP contribution in [0, 0.1) is 0 Å². The van der Waals surface area contributed by atoms with E-state index in [0.29, 0.717) is 0 Å². The van der Waals surface area contributed by atoms with Crippen molar-refractivity contribution in [3.05, 3.63) is 53.7 Å². The highest BCUT2D eigenvalue weighted by Gasteiger charge is 2.09. The number of nitrogens with one attached hydrogen (secondary N) is 1. The quantitative estimate of drug-likeness (QED) is 0.829. The fourth-order valence-electron chi connectivity index (χ4n) is 2.02. The smallest absolute Gasteiger partial charge is 0.122 e. The van der Waals surface area contributed by atoms with Crippen molar-refractivity contribution in [2.24, 2.45) is 0 Å². The first-order chi connectivity index (χ1) is 9.29. The monoisotopic (exact) mass is 259 g/mol. The average molecular weight is 259 g/mol. The third-order valence-electron chi connectivity index (χ3n) is 3.02. The largest absolute Gasteiger partial charge is 0.468 e. The first-order valence-electron chi connectivity index (χ1n) is 6.63. The van der Waals surface area contributed by atoms with Crippen LogP contribution in [0.4, 0.5) is 0 Å². The van der Waals surface area contributed by atoms with Crippen LogP contribution >= 0.6 is 0 Å². The molecule has 2 aromatic heterocycles. The lowest BCUT2D eigenvalue weighted by Gasteiger charge is -2.16. The Bertz CT molecular complexity index is 481. The van der Waals surface area contributed by atoms with Gasteiger partial charge in [0.05, 0.1) is 12.8 Å². The molecule has 2 rings (SSSR count). The Morgan fingerprint density at radius 2 is 2.00 bits per heavy atom. The Balaban J connectivity index is 1.91. The normalized spacial score (nSPS) is 11.1. The van der Waals surface area contributed by atoms with Gasteiger partial charge in [0, 0.05) is 31.0 Å². The van der Waals surface area contributed by atoms with E-state index in [9.17, 15) is 0 Å². The molecule has 0 amide bonds. The summed E-state index contributed by atoms with van der Waals surface area (Å²) in [5.41, 5.74) is 2.50. The minimum Gasteiger partial charge on any atom is -0.468 e. The van der Waals surface area contributed by atoms with Crippen LogP contribution in [0.15, 0.2) is 41.3 Å². The summed E-state index contributed by atoms with van der Waals surface area (Å²) in [6.45, 7) is 5.65. The van der Waals surface area contributed by atoms with Gasteiger partial charge in [-0.2, -0.15) is 0 Å². The molecular formula is C15H21N3O. The van der Waals surface area contributed by atoms with Crippen LogP contribution in [0.1, 0.15) is 23.8 Å². The fraction of sp³-hybridized carbons (Fsp3) is 0.400. The van der Waals surface area contributed by atoms with Crippen molar-refractivity contribution in [1.29, 1.82) is 0 Å². The van der Waals surface area contributed by atoms with Crippen molar-refractivity contribution >= 4 is 0 Å². The second kappa shape index (κ2) is 7.07. The predicted octanol–water partition coefficient (Wildman–Crippen LogP) is 2.42. The molecule has 0 saturated heterocycles. The van der Waals surface area contributed by atoms with Gasteiger partial charge in [0.2, 0.25) is 0 Å². The van der Waals surface area contributed by atoms with Gasteiger partial charge >= 0.3 is 0 Å². The molecule has 19 heavy (non-hydrogen) atoms. The van der Waals surface area contributed by atoms with Crippen LogP contribution in [0.2, 0.25) is 0 Å². The molecule has 0 aliphatic carbocycles. The predicted molar refractivity (Wildman–Crippen MR) is 75.5 cm³/mol. The van der Waals surface area contributed by atoms with E-state index in [1.165, 1.54) is 11.1 Å². The van der Waals surface area contributed by atoms with Crippen LogP contribution in [0.25, 0.3) is 0 Å². The number of rotatable bonds is 7. The molecule has 2 aromatic rings. The van der Waals surface area contributed by atoms with Gasteiger partial charge in [0.25, 0.3) is 0 Å². The molecule has 2 heterocycles. The molecule has 0 bridgehead atoms. The van der Waals surface area contributed by atoms with Gasteiger partial charge in [-0.25, -0.2) is 0 Å². The second-order valence-electron chi connectivity index (χ2n) is 4.68. The van der Waals surface area contributed by atoms with Crippen LogP contribution < -0.4 is 5.32 Å². The number of pyridine rings is 1. The van der Waals surface area contributed by atoms with Gasteiger partial charge < -0.3 is 9.73 Å². The van der Waals surface area contributed by atoms with Crippen molar-refractivity contribution in [1.82, 2.24) is 15.2 Å². The zero-order valence-corrected chi connectivity index (χ0v) is 11.6.